The molecule has 0 atom stereocenters. The first kappa shape index (κ1) is 22.8. The molecule has 0 fully saturated rings. The minimum absolute atomic E-state index is 0.147. The van der Waals surface area contributed by atoms with Crippen LogP contribution in [0.3, 0.4) is 0 Å². The number of nitriles is 1. The highest BCUT2D eigenvalue weighted by atomic mass is 35.5. The number of carbonyl (C=O) groups is 1. The highest BCUT2D eigenvalue weighted by molar-refractivity contribution is 6.31. The summed E-state index contributed by atoms with van der Waals surface area (Å²) in [7, 11) is 2.99. The van der Waals surface area contributed by atoms with Crippen molar-refractivity contribution >= 4 is 29.3 Å². The van der Waals surface area contributed by atoms with Gasteiger partial charge in [-0.1, -0.05) is 23.7 Å². The summed E-state index contributed by atoms with van der Waals surface area (Å²) in [6.45, 7) is 2.04. The molecule has 9 heteroatoms. The third kappa shape index (κ3) is 5.07. The molecule has 0 aliphatic carbocycles. The molecule has 0 saturated heterocycles. The molecule has 2 aromatic carbocycles. The van der Waals surface area contributed by atoms with E-state index < -0.39 is 5.91 Å². The summed E-state index contributed by atoms with van der Waals surface area (Å²) in [6, 6.07) is 12.7. The van der Waals surface area contributed by atoms with Gasteiger partial charge in [0.25, 0.3) is 5.91 Å². The number of amides is 1. The minimum atomic E-state index is -0.610. The average Bonchev–Trinajstić information content (AvgIpc) is 3.05. The van der Waals surface area contributed by atoms with Crippen LogP contribution in [0.1, 0.15) is 16.8 Å². The van der Waals surface area contributed by atoms with Gasteiger partial charge in [-0.2, -0.15) is 10.4 Å². The zero-order valence-electron chi connectivity index (χ0n) is 17.6. The maximum Gasteiger partial charge on any atom is 0.266 e. The van der Waals surface area contributed by atoms with Gasteiger partial charge >= 0.3 is 0 Å². The van der Waals surface area contributed by atoms with E-state index in [1.165, 1.54) is 37.1 Å². The van der Waals surface area contributed by atoms with Gasteiger partial charge in [-0.3, -0.25) is 4.79 Å². The van der Waals surface area contributed by atoms with E-state index in [4.69, 9.17) is 21.1 Å². The van der Waals surface area contributed by atoms with Crippen LogP contribution in [-0.4, -0.2) is 29.9 Å². The van der Waals surface area contributed by atoms with Crippen molar-refractivity contribution in [1.82, 2.24) is 9.78 Å². The molecule has 1 aromatic heterocycles. The van der Waals surface area contributed by atoms with E-state index in [9.17, 15) is 14.4 Å². The fraction of sp³-hybridized carbons (Fsp3) is 0.174. The maximum atomic E-state index is 13.1. The Morgan fingerprint density at radius 3 is 2.53 bits per heavy atom. The third-order valence-corrected chi connectivity index (χ3v) is 5.05. The molecule has 0 spiro atoms. The van der Waals surface area contributed by atoms with Crippen LogP contribution < -0.4 is 14.8 Å². The van der Waals surface area contributed by atoms with E-state index in [1.807, 2.05) is 6.07 Å². The number of carbonyl (C=O) groups excluding carboxylic acids is 1. The number of halogens is 2. The summed E-state index contributed by atoms with van der Waals surface area (Å²) in [5.74, 6) is 0.00649. The van der Waals surface area contributed by atoms with Gasteiger partial charge in [0, 0.05) is 17.3 Å². The first-order chi connectivity index (χ1) is 15.4. The van der Waals surface area contributed by atoms with Gasteiger partial charge in [0.15, 0.2) is 11.5 Å². The zero-order valence-corrected chi connectivity index (χ0v) is 18.4. The topological polar surface area (TPSA) is 89.2 Å². The van der Waals surface area contributed by atoms with E-state index >= 15 is 0 Å². The highest BCUT2D eigenvalue weighted by Gasteiger charge is 2.17. The van der Waals surface area contributed by atoms with Gasteiger partial charge in [-0.15, -0.1) is 0 Å². The maximum absolute atomic E-state index is 13.1. The van der Waals surface area contributed by atoms with E-state index in [2.05, 4.69) is 10.4 Å². The molecule has 7 nitrogen and oxygen atoms in total. The fourth-order valence-corrected chi connectivity index (χ4v) is 3.29. The lowest BCUT2D eigenvalue weighted by atomic mass is 10.1. The van der Waals surface area contributed by atoms with Gasteiger partial charge in [0.05, 0.1) is 26.5 Å². The van der Waals surface area contributed by atoms with Crippen LogP contribution in [0.25, 0.3) is 6.08 Å². The zero-order chi connectivity index (χ0) is 23.3. The number of anilines is 1. The molecule has 0 aliphatic rings. The van der Waals surface area contributed by atoms with Gasteiger partial charge < -0.3 is 14.8 Å². The Morgan fingerprint density at radius 1 is 1.22 bits per heavy atom. The third-order valence-electron chi connectivity index (χ3n) is 4.65. The van der Waals surface area contributed by atoms with Gasteiger partial charge in [-0.25, -0.2) is 9.07 Å². The predicted octanol–water partition coefficient (Wildman–Crippen LogP) is 4.60. The molecule has 32 heavy (non-hydrogen) atoms. The number of aryl methyl sites for hydroxylation is 1. The Hall–Kier alpha value is -3.83. The van der Waals surface area contributed by atoms with Crippen molar-refractivity contribution in [1.29, 1.82) is 5.26 Å². The molecule has 0 saturated carbocycles. The summed E-state index contributed by atoms with van der Waals surface area (Å²) in [5, 5.41) is 16.8. The van der Waals surface area contributed by atoms with Crippen LogP contribution in [0.15, 0.2) is 48.0 Å². The number of rotatable bonds is 7. The SMILES string of the molecule is COc1ccc(NC(=O)/C(C#N)=C/c2c(C)nn(Cc3ccc(F)cc3)c2Cl)cc1OC. The lowest BCUT2D eigenvalue weighted by Crippen LogP contribution is -2.13. The van der Waals surface area contributed by atoms with Crippen LogP contribution in [0, 0.1) is 24.1 Å². The number of nitrogens with one attached hydrogen (secondary N) is 1. The summed E-state index contributed by atoms with van der Waals surface area (Å²) in [5.41, 5.74) is 2.09. The van der Waals surface area contributed by atoms with Crippen molar-refractivity contribution < 1.29 is 18.7 Å². The van der Waals surface area contributed by atoms with Crippen molar-refractivity contribution in [3.8, 4) is 17.6 Å². The first-order valence-electron chi connectivity index (χ1n) is 9.48. The minimum Gasteiger partial charge on any atom is -0.493 e. The molecule has 1 N–H and O–H groups in total. The largest absolute Gasteiger partial charge is 0.493 e. The molecule has 0 radical (unpaired) electrons. The van der Waals surface area contributed by atoms with Crippen LogP contribution >= 0.6 is 11.6 Å². The van der Waals surface area contributed by atoms with Crippen LogP contribution in [-0.2, 0) is 11.3 Å². The summed E-state index contributed by atoms with van der Waals surface area (Å²) < 4.78 is 25.1. The Labute approximate surface area is 189 Å². The second kappa shape index (κ2) is 9.98. The molecule has 0 unspecified atom stereocenters. The van der Waals surface area contributed by atoms with Gasteiger partial charge in [0.2, 0.25) is 0 Å². The van der Waals surface area contributed by atoms with Crippen LogP contribution in [0.4, 0.5) is 10.1 Å². The molecular formula is C23H20ClFN4O3. The lowest BCUT2D eigenvalue weighted by Gasteiger charge is -2.10. The molecule has 1 amide bonds. The fourth-order valence-electron chi connectivity index (χ4n) is 3.00. The lowest BCUT2D eigenvalue weighted by molar-refractivity contribution is -0.112. The van der Waals surface area contributed by atoms with Crippen molar-refractivity contribution in [3.63, 3.8) is 0 Å². The smallest absolute Gasteiger partial charge is 0.266 e. The summed E-state index contributed by atoms with van der Waals surface area (Å²) in [4.78, 5) is 12.7. The van der Waals surface area contributed by atoms with Gasteiger partial charge in [0.1, 0.15) is 22.6 Å². The first-order valence-corrected chi connectivity index (χ1v) is 9.86. The monoisotopic (exact) mass is 454 g/mol. The van der Waals surface area contributed by atoms with Crippen molar-refractivity contribution in [2.24, 2.45) is 0 Å². The molecule has 1 heterocycles. The van der Waals surface area contributed by atoms with Crippen molar-refractivity contribution in [2.45, 2.75) is 13.5 Å². The molecule has 0 bridgehead atoms. The molecule has 3 rings (SSSR count). The Balaban J connectivity index is 1.84. The van der Waals surface area contributed by atoms with Crippen LogP contribution in [0.5, 0.6) is 11.5 Å². The molecule has 0 aliphatic heterocycles. The number of methoxy groups -OCH3 is 2. The van der Waals surface area contributed by atoms with Crippen molar-refractivity contribution in [2.75, 3.05) is 19.5 Å². The summed E-state index contributed by atoms with van der Waals surface area (Å²) >= 11 is 6.46. The van der Waals surface area contributed by atoms with E-state index in [0.29, 0.717) is 35.0 Å². The second-order valence-electron chi connectivity index (χ2n) is 6.77. The van der Waals surface area contributed by atoms with Crippen molar-refractivity contribution in [3.05, 3.63) is 75.8 Å². The number of nitrogens with zero attached hydrogens (tertiary/aromatic N) is 3. The van der Waals surface area contributed by atoms with Crippen LogP contribution in [0.2, 0.25) is 5.15 Å². The number of benzene rings is 2. The van der Waals surface area contributed by atoms with Gasteiger partial charge in [-0.05, 0) is 42.8 Å². The number of ether oxygens (including phenoxy) is 2. The second-order valence-corrected chi connectivity index (χ2v) is 7.13. The number of hydrogen-bond donors (Lipinski definition) is 1. The normalized spacial score (nSPS) is 11.1. The Kier molecular flexibility index (Phi) is 7.13. The summed E-state index contributed by atoms with van der Waals surface area (Å²) in [6.07, 6.45) is 1.39. The molecule has 3 aromatic rings. The average molecular weight is 455 g/mol. The highest BCUT2D eigenvalue weighted by Crippen LogP contribution is 2.30. The predicted molar refractivity (Wildman–Crippen MR) is 119 cm³/mol. The van der Waals surface area contributed by atoms with E-state index in [-0.39, 0.29) is 16.5 Å². The Bertz CT molecular complexity index is 1210. The quantitative estimate of drug-likeness (QED) is 0.416. The van der Waals surface area contributed by atoms with E-state index in [0.717, 1.165) is 5.56 Å². The van der Waals surface area contributed by atoms with E-state index in [1.54, 1.807) is 37.3 Å². The standard InChI is InChI=1S/C23H20ClFN4O3/c1-14-19(22(24)29(28-14)13-15-4-6-17(25)7-5-15)10-16(12-26)23(30)27-18-8-9-20(31-2)21(11-18)32-3/h4-11H,13H2,1-3H3,(H,27,30)/b16-10+. The molecule has 164 valence electrons. The number of aromatic nitrogens is 2. The Morgan fingerprint density at radius 2 is 1.91 bits per heavy atom. The molecular weight excluding hydrogens is 435 g/mol. The number of hydrogen-bond acceptors (Lipinski definition) is 5.